The van der Waals surface area contributed by atoms with Crippen LogP contribution < -0.4 is 11.5 Å². The van der Waals surface area contributed by atoms with Gasteiger partial charge < -0.3 is 15.9 Å². The van der Waals surface area contributed by atoms with Crippen molar-refractivity contribution >= 4 is 5.95 Å². The summed E-state index contributed by atoms with van der Waals surface area (Å²) in [4.78, 5) is 7.73. The zero-order chi connectivity index (χ0) is 9.97. The first kappa shape index (κ1) is 8.71. The average molecular weight is 190 g/mol. The van der Waals surface area contributed by atoms with Crippen LogP contribution in [-0.4, -0.2) is 9.97 Å². The quantitative estimate of drug-likeness (QED) is 0.730. The highest BCUT2D eigenvalue weighted by atomic mass is 16.3. The Balaban J connectivity index is 2.34. The molecule has 0 bridgehead atoms. The largest absolute Gasteiger partial charge is 0.460 e. The number of nitrogen functional groups attached to an aromatic ring is 1. The third-order valence-corrected chi connectivity index (χ3v) is 1.82. The van der Waals surface area contributed by atoms with Crippen molar-refractivity contribution in [3.63, 3.8) is 0 Å². The molecule has 0 spiro atoms. The zero-order valence-corrected chi connectivity index (χ0v) is 7.47. The number of nitrogens with two attached hydrogens (primary N) is 2. The van der Waals surface area contributed by atoms with Gasteiger partial charge in [-0.1, -0.05) is 0 Å². The molecule has 4 N–H and O–H groups in total. The average Bonchev–Trinajstić information content (AvgIpc) is 2.67. The lowest BCUT2D eigenvalue weighted by molar-refractivity contribution is 0.525. The van der Waals surface area contributed by atoms with Crippen molar-refractivity contribution < 1.29 is 4.42 Å². The van der Waals surface area contributed by atoms with E-state index in [2.05, 4.69) is 9.97 Å². The summed E-state index contributed by atoms with van der Waals surface area (Å²) in [7, 11) is 0. The van der Waals surface area contributed by atoms with E-state index < -0.39 is 0 Å². The smallest absolute Gasteiger partial charge is 0.219 e. The Morgan fingerprint density at radius 3 is 2.50 bits per heavy atom. The molecule has 72 valence electrons. The third kappa shape index (κ3) is 1.57. The fraction of sp³-hybridized carbons (Fsp3) is 0.111. The first-order valence-corrected chi connectivity index (χ1v) is 4.16. The van der Waals surface area contributed by atoms with Crippen molar-refractivity contribution in [2.75, 3.05) is 5.73 Å². The molecule has 0 aromatic carbocycles. The molecule has 2 rings (SSSR count). The maximum Gasteiger partial charge on any atom is 0.219 e. The summed E-state index contributed by atoms with van der Waals surface area (Å²) in [5, 5.41) is 0. The van der Waals surface area contributed by atoms with Crippen LogP contribution in [0.2, 0.25) is 0 Å². The summed E-state index contributed by atoms with van der Waals surface area (Å²) in [5.41, 5.74) is 11.6. The molecule has 0 aliphatic carbocycles. The number of hydrogen-bond donors (Lipinski definition) is 2. The molecule has 14 heavy (non-hydrogen) atoms. The SMILES string of the molecule is NCc1ccc(-c2cnc(N)nc2)o1. The van der Waals surface area contributed by atoms with Gasteiger partial charge in [0.05, 0.1) is 12.1 Å². The molecule has 2 aromatic heterocycles. The van der Waals surface area contributed by atoms with Gasteiger partial charge in [0.2, 0.25) is 5.95 Å². The molecule has 0 aliphatic heterocycles. The Morgan fingerprint density at radius 2 is 1.93 bits per heavy atom. The summed E-state index contributed by atoms with van der Waals surface area (Å²) in [6, 6.07) is 3.66. The maximum absolute atomic E-state index is 5.42. The third-order valence-electron chi connectivity index (χ3n) is 1.82. The first-order valence-electron chi connectivity index (χ1n) is 4.16. The lowest BCUT2D eigenvalue weighted by Gasteiger charge is -1.95. The van der Waals surface area contributed by atoms with Crippen LogP contribution in [0, 0.1) is 0 Å². The number of aromatic nitrogens is 2. The van der Waals surface area contributed by atoms with Crippen molar-refractivity contribution in [3.8, 4) is 11.3 Å². The van der Waals surface area contributed by atoms with Crippen LogP contribution in [0.25, 0.3) is 11.3 Å². The van der Waals surface area contributed by atoms with E-state index in [0.29, 0.717) is 12.3 Å². The molecular formula is C9H10N4O. The van der Waals surface area contributed by atoms with E-state index in [1.165, 1.54) is 0 Å². The lowest BCUT2D eigenvalue weighted by Crippen LogP contribution is -1.93. The second-order valence-electron chi connectivity index (χ2n) is 2.80. The molecule has 2 aromatic rings. The lowest BCUT2D eigenvalue weighted by atomic mass is 10.3. The molecule has 2 heterocycles. The molecule has 0 atom stereocenters. The van der Waals surface area contributed by atoms with Crippen molar-refractivity contribution in [1.82, 2.24) is 9.97 Å². The van der Waals surface area contributed by atoms with Crippen molar-refractivity contribution in [2.24, 2.45) is 5.73 Å². The molecule has 0 saturated carbocycles. The van der Waals surface area contributed by atoms with Gasteiger partial charge in [0, 0.05) is 12.4 Å². The minimum absolute atomic E-state index is 0.249. The van der Waals surface area contributed by atoms with Gasteiger partial charge in [-0.3, -0.25) is 0 Å². The van der Waals surface area contributed by atoms with Crippen molar-refractivity contribution in [2.45, 2.75) is 6.54 Å². The summed E-state index contributed by atoms with van der Waals surface area (Å²) in [6.07, 6.45) is 3.23. The Bertz CT molecular complexity index is 421. The first-order chi connectivity index (χ1) is 6.79. The van der Waals surface area contributed by atoms with Gasteiger partial charge in [-0.05, 0) is 12.1 Å². The zero-order valence-electron chi connectivity index (χ0n) is 7.47. The predicted octanol–water partition coefficient (Wildman–Crippen LogP) is 0.778. The highest BCUT2D eigenvalue weighted by Gasteiger charge is 2.04. The van der Waals surface area contributed by atoms with E-state index in [4.69, 9.17) is 15.9 Å². The second kappa shape index (κ2) is 3.47. The maximum atomic E-state index is 5.42. The number of furan rings is 1. The minimum atomic E-state index is 0.249. The molecule has 5 nitrogen and oxygen atoms in total. The second-order valence-corrected chi connectivity index (χ2v) is 2.80. The van der Waals surface area contributed by atoms with Gasteiger partial charge in [0.25, 0.3) is 0 Å². The van der Waals surface area contributed by atoms with Gasteiger partial charge in [-0.15, -0.1) is 0 Å². The predicted molar refractivity (Wildman–Crippen MR) is 52.0 cm³/mol. The van der Waals surface area contributed by atoms with E-state index in [-0.39, 0.29) is 5.95 Å². The Hall–Kier alpha value is -1.88. The Morgan fingerprint density at radius 1 is 1.21 bits per heavy atom. The monoisotopic (exact) mass is 190 g/mol. The van der Waals surface area contributed by atoms with E-state index in [9.17, 15) is 0 Å². The van der Waals surface area contributed by atoms with E-state index in [0.717, 1.165) is 11.3 Å². The fourth-order valence-corrected chi connectivity index (χ4v) is 1.11. The van der Waals surface area contributed by atoms with Crippen molar-refractivity contribution in [3.05, 3.63) is 30.3 Å². The molecule has 0 amide bonds. The fourth-order valence-electron chi connectivity index (χ4n) is 1.11. The summed E-state index contributed by atoms with van der Waals surface area (Å²) < 4.78 is 5.41. The van der Waals surface area contributed by atoms with Crippen LogP contribution in [-0.2, 0) is 6.54 Å². The molecule has 0 unspecified atom stereocenters. The molecule has 0 saturated heterocycles. The van der Waals surface area contributed by atoms with Crippen molar-refractivity contribution in [1.29, 1.82) is 0 Å². The number of anilines is 1. The van der Waals surface area contributed by atoms with Gasteiger partial charge in [0.15, 0.2) is 0 Å². The number of rotatable bonds is 2. The minimum Gasteiger partial charge on any atom is -0.460 e. The molecule has 0 radical (unpaired) electrons. The molecule has 0 aliphatic rings. The molecular weight excluding hydrogens is 180 g/mol. The molecule has 0 fully saturated rings. The van der Waals surface area contributed by atoms with E-state index in [1.807, 2.05) is 12.1 Å². The van der Waals surface area contributed by atoms with Crippen LogP contribution in [0.1, 0.15) is 5.76 Å². The van der Waals surface area contributed by atoms with Gasteiger partial charge >= 0.3 is 0 Å². The van der Waals surface area contributed by atoms with Crippen LogP contribution in [0.15, 0.2) is 28.9 Å². The van der Waals surface area contributed by atoms with Crippen LogP contribution in [0.4, 0.5) is 5.95 Å². The summed E-state index contributed by atoms with van der Waals surface area (Å²) in [5.74, 6) is 1.68. The van der Waals surface area contributed by atoms with E-state index >= 15 is 0 Å². The normalized spacial score (nSPS) is 10.4. The van der Waals surface area contributed by atoms with Gasteiger partial charge in [-0.2, -0.15) is 0 Å². The number of nitrogens with zero attached hydrogens (tertiary/aromatic N) is 2. The van der Waals surface area contributed by atoms with Crippen LogP contribution in [0.3, 0.4) is 0 Å². The van der Waals surface area contributed by atoms with Gasteiger partial charge in [0.1, 0.15) is 11.5 Å². The van der Waals surface area contributed by atoms with Crippen LogP contribution in [0.5, 0.6) is 0 Å². The molecule has 5 heteroatoms. The van der Waals surface area contributed by atoms with Crippen LogP contribution >= 0.6 is 0 Å². The summed E-state index contributed by atoms with van der Waals surface area (Å²) in [6.45, 7) is 0.385. The Kier molecular flexibility index (Phi) is 2.16. The standard InChI is InChI=1S/C9H10N4O/c10-3-7-1-2-8(14-7)6-4-12-9(11)13-5-6/h1-2,4-5H,3,10H2,(H2,11,12,13). The number of hydrogen-bond acceptors (Lipinski definition) is 5. The van der Waals surface area contributed by atoms with Gasteiger partial charge in [-0.25, -0.2) is 9.97 Å². The van der Waals surface area contributed by atoms with E-state index in [1.54, 1.807) is 12.4 Å². The topological polar surface area (TPSA) is 91.0 Å². The highest BCUT2D eigenvalue weighted by Crippen LogP contribution is 2.20. The Labute approximate surface area is 80.8 Å². The highest BCUT2D eigenvalue weighted by molar-refractivity contribution is 5.55. The summed E-state index contributed by atoms with van der Waals surface area (Å²) >= 11 is 0.